The summed E-state index contributed by atoms with van der Waals surface area (Å²) < 4.78 is 0. The molecule has 2 aromatic heterocycles. The summed E-state index contributed by atoms with van der Waals surface area (Å²) >= 11 is 2.82. The van der Waals surface area contributed by atoms with Crippen molar-refractivity contribution in [3.63, 3.8) is 0 Å². The number of anilines is 2. The number of rotatable bonds is 4. The van der Waals surface area contributed by atoms with Crippen molar-refractivity contribution < 1.29 is 14.4 Å². The Morgan fingerprint density at radius 2 is 1.78 bits per heavy atom. The Morgan fingerprint density at radius 3 is 2.56 bits per heavy atom. The van der Waals surface area contributed by atoms with Crippen LogP contribution in [0.4, 0.5) is 10.8 Å². The van der Waals surface area contributed by atoms with Gasteiger partial charge in [0.2, 0.25) is 5.13 Å². The molecule has 0 fully saturated rings. The van der Waals surface area contributed by atoms with Crippen LogP contribution < -0.4 is 10.2 Å². The zero-order valence-corrected chi connectivity index (χ0v) is 18.7. The number of carbonyl (C=O) groups excluding carboxylic acids is 3. The maximum atomic E-state index is 13.1. The van der Waals surface area contributed by atoms with Crippen LogP contribution in [0.5, 0.6) is 0 Å². The predicted molar refractivity (Wildman–Crippen MR) is 125 cm³/mol. The maximum Gasteiger partial charge on any atom is 0.266 e. The van der Waals surface area contributed by atoms with E-state index in [1.54, 1.807) is 11.3 Å². The fourth-order valence-corrected chi connectivity index (χ4v) is 4.96. The zero-order valence-electron chi connectivity index (χ0n) is 17.1. The van der Waals surface area contributed by atoms with Gasteiger partial charge in [0.05, 0.1) is 16.8 Å². The van der Waals surface area contributed by atoms with Crippen LogP contribution in [-0.2, 0) is 0 Å². The number of aryl methyl sites for hydroxylation is 2. The van der Waals surface area contributed by atoms with Crippen LogP contribution in [0, 0.1) is 13.8 Å². The van der Waals surface area contributed by atoms with E-state index in [1.165, 1.54) is 34.4 Å². The third-order valence-corrected chi connectivity index (χ3v) is 6.74. The number of nitrogens with one attached hydrogen (secondary N) is 1. The Bertz CT molecular complexity index is 1390. The number of hydrogen-bond donors (Lipinski definition) is 1. The van der Waals surface area contributed by atoms with Gasteiger partial charge in [-0.05, 0) is 60.7 Å². The number of aromatic nitrogens is 2. The van der Waals surface area contributed by atoms with Crippen LogP contribution in [0.3, 0.4) is 0 Å². The van der Waals surface area contributed by atoms with Gasteiger partial charge >= 0.3 is 0 Å². The van der Waals surface area contributed by atoms with Crippen LogP contribution in [0.25, 0.3) is 10.6 Å². The normalized spacial score (nSPS) is 12.9. The molecule has 0 aliphatic carbocycles. The molecule has 1 aliphatic heterocycles. The van der Waals surface area contributed by atoms with E-state index in [9.17, 15) is 14.4 Å². The summed E-state index contributed by atoms with van der Waals surface area (Å²) in [6.45, 7) is 3.75. The van der Waals surface area contributed by atoms with Crippen LogP contribution in [0.15, 0.2) is 53.2 Å². The SMILES string of the molecule is Cc1ccc(C)c(N2C(=O)c3ccc(C(=O)Nc4nnc(-c5ccsc5)s4)cc3C2=O)c1. The Labute approximate surface area is 191 Å². The summed E-state index contributed by atoms with van der Waals surface area (Å²) in [4.78, 5) is 40.0. The Kier molecular flexibility index (Phi) is 4.91. The van der Waals surface area contributed by atoms with Gasteiger partial charge in [0.25, 0.3) is 17.7 Å². The monoisotopic (exact) mass is 460 g/mol. The molecular formula is C23H16N4O3S2. The van der Waals surface area contributed by atoms with Crippen LogP contribution in [0.2, 0.25) is 0 Å². The fourth-order valence-electron chi connectivity index (χ4n) is 3.51. The van der Waals surface area contributed by atoms with Crippen molar-refractivity contribution in [1.29, 1.82) is 0 Å². The summed E-state index contributed by atoms with van der Waals surface area (Å²) in [6.07, 6.45) is 0. The fraction of sp³-hybridized carbons (Fsp3) is 0.0870. The topological polar surface area (TPSA) is 92.3 Å². The van der Waals surface area contributed by atoms with E-state index in [4.69, 9.17) is 0 Å². The standard InChI is InChI=1S/C23H16N4O3S2/c1-12-3-4-13(2)18(9-12)27-21(29)16-6-5-14(10-17(16)22(27)30)19(28)24-23-26-25-20(32-23)15-7-8-31-11-15/h3-11H,1-2H3,(H,24,26,28). The van der Waals surface area contributed by atoms with Gasteiger partial charge in [-0.2, -0.15) is 11.3 Å². The molecular weight excluding hydrogens is 444 g/mol. The Hall–Kier alpha value is -3.69. The van der Waals surface area contributed by atoms with Gasteiger partial charge in [-0.25, -0.2) is 4.90 Å². The molecule has 1 aliphatic rings. The molecule has 0 radical (unpaired) electrons. The molecule has 0 atom stereocenters. The van der Waals surface area contributed by atoms with Crippen molar-refractivity contribution in [3.8, 4) is 10.6 Å². The molecule has 0 bridgehead atoms. The minimum absolute atomic E-state index is 0.208. The molecule has 9 heteroatoms. The minimum Gasteiger partial charge on any atom is -0.296 e. The highest BCUT2D eigenvalue weighted by Gasteiger charge is 2.37. The summed E-state index contributed by atoms with van der Waals surface area (Å²) in [7, 11) is 0. The largest absolute Gasteiger partial charge is 0.296 e. The van der Waals surface area contributed by atoms with Gasteiger partial charge < -0.3 is 0 Å². The third-order valence-electron chi connectivity index (χ3n) is 5.17. The lowest BCUT2D eigenvalue weighted by Gasteiger charge is -2.17. The van der Waals surface area contributed by atoms with Gasteiger partial charge in [0.1, 0.15) is 5.01 Å². The molecule has 2 aromatic carbocycles. The molecule has 0 saturated heterocycles. The third kappa shape index (κ3) is 3.41. The Balaban J connectivity index is 1.41. The lowest BCUT2D eigenvalue weighted by molar-refractivity contribution is 0.0925. The molecule has 3 amide bonds. The molecule has 32 heavy (non-hydrogen) atoms. The van der Waals surface area contributed by atoms with Crippen molar-refractivity contribution in [3.05, 3.63) is 81.0 Å². The molecule has 0 spiro atoms. The van der Waals surface area contributed by atoms with E-state index in [0.29, 0.717) is 15.8 Å². The second-order valence-electron chi connectivity index (χ2n) is 7.37. The molecule has 5 rings (SSSR count). The zero-order chi connectivity index (χ0) is 22.4. The number of benzene rings is 2. The summed E-state index contributed by atoms with van der Waals surface area (Å²) in [5.41, 5.74) is 4.02. The van der Waals surface area contributed by atoms with Gasteiger partial charge in [0.15, 0.2) is 0 Å². The number of imide groups is 1. The van der Waals surface area contributed by atoms with Crippen molar-refractivity contribution in [1.82, 2.24) is 10.2 Å². The van der Waals surface area contributed by atoms with E-state index in [2.05, 4.69) is 15.5 Å². The van der Waals surface area contributed by atoms with E-state index < -0.39 is 17.7 Å². The van der Waals surface area contributed by atoms with E-state index in [0.717, 1.165) is 16.7 Å². The highest BCUT2D eigenvalue weighted by atomic mass is 32.1. The molecule has 4 aromatic rings. The second-order valence-corrected chi connectivity index (χ2v) is 9.13. The number of amides is 3. The van der Waals surface area contributed by atoms with Crippen LogP contribution >= 0.6 is 22.7 Å². The number of hydrogen-bond acceptors (Lipinski definition) is 7. The lowest BCUT2D eigenvalue weighted by atomic mass is 10.1. The Morgan fingerprint density at radius 1 is 0.969 bits per heavy atom. The average Bonchev–Trinajstić information content (AvgIpc) is 3.51. The second kappa shape index (κ2) is 7.77. The van der Waals surface area contributed by atoms with Crippen molar-refractivity contribution in [2.45, 2.75) is 13.8 Å². The average molecular weight is 461 g/mol. The summed E-state index contributed by atoms with van der Waals surface area (Å²) in [5, 5.41) is 15.8. The van der Waals surface area contributed by atoms with E-state index in [-0.39, 0.29) is 16.7 Å². The smallest absolute Gasteiger partial charge is 0.266 e. The first-order valence-corrected chi connectivity index (χ1v) is 11.5. The first-order valence-electron chi connectivity index (χ1n) is 9.70. The molecule has 3 heterocycles. The van der Waals surface area contributed by atoms with Gasteiger partial charge in [0, 0.05) is 16.5 Å². The summed E-state index contributed by atoms with van der Waals surface area (Å²) in [6, 6.07) is 12.1. The molecule has 0 saturated carbocycles. The van der Waals surface area contributed by atoms with Gasteiger partial charge in [-0.3, -0.25) is 19.7 Å². The van der Waals surface area contributed by atoms with Crippen molar-refractivity contribution in [2.24, 2.45) is 0 Å². The number of fused-ring (bicyclic) bond motifs is 1. The van der Waals surface area contributed by atoms with Crippen LogP contribution in [0.1, 0.15) is 42.2 Å². The first-order chi connectivity index (χ1) is 15.4. The molecule has 0 unspecified atom stereocenters. The number of thiophene rings is 1. The number of carbonyl (C=O) groups is 3. The van der Waals surface area contributed by atoms with E-state index in [1.807, 2.05) is 48.9 Å². The minimum atomic E-state index is -0.441. The molecule has 7 nitrogen and oxygen atoms in total. The predicted octanol–water partition coefficient (Wildman–Crippen LogP) is 4.94. The van der Waals surface area contributed by atoms with Gasteiger partial charge in [-0.1, -0.05) is 23.5 Å². The van der Waals surface area contributed by atoms with Crippen molar-refractivity contribution >= 4 is 51.2 Å². The van der Waals surface area contributed by atoms with E-state index >= 15 is 0 Å². The highest BCUT2D eigenvalue weighted by molar-refractivity contribution is 7.19. The highest BCUT2D eigenvalue weighted by Crippen LogP contribution is 2.32. The van der Waals surface area contributed by atoms with Crippen LogP contribution in [-0.4, -0.2) is 27.9 Å². The first kappa shape index (κ1) is 20.2. The lowest BCUT2D eigenvalue weighted by Crippen LogP contribution is -2.30. The van der Waals surface area contributed by atoms with Gasteiger partial charge in [-0.15, -0.1) is 10.2 Å². The maximum absolute atomic E-state index is 13.1. The summed E-state index contributed by atoms with van der Waals surface area (Å²) in [5.74, 6) is -1.26. The molecule has 158 valence electrons. The van der Waals surface area contributed by atoms with Crippen molar-refractivity contribution in [2.75, 3.05) is 10.2 Å². The molecule has 1 N–H and O–H groups in total. The quantitative estimate of drug-likeness (QED) is 0.436. The number of nitrogens with zero attached hydrogens (tertiary/aromatic N) is 3.